The van der Waals surface area contributed by atoms with E-state index in [0.717, 1.165) is 4.90 Å². The highest BCUT2D eigenvalue weighted by molar-refractivity contribution is 5.91. The van der Waals surface area contributed by atoms with Crippen LogP contribution >= 0.6 is 0 Å². The smallest absolute Gasteiger partial charge is 0.390 e. The molecule has 0 radical (unpaired) electrons. The molecule has 1 aliphatic rings. The summed E-state index contributed by atoms with van der Waals surface area (Å²) in [4.78, 5) is 34.8. The number of piperazine rings is 1. The standard InChI is InChI=1S/C10H14F3N3O4/c11-10(12,13)1-2-15-9(20)16-4-3-14-8(19)6(16)5-7(17)18/h6H,1-5H2,(H,14,19)(H,15,20)(H,17,18). The van der Waals surface area contributed by atoms with Gasteiger partial charge >= 0.3 is 18.2 Å². The third kappa shape index (κ3) is 4.94. The van der Waals surface area contributed by atoms with Crippen molar-refractivity contribution in [1.82, 2.24) is 15.5 Å². The Hall–Kier alpha value is -2.00. The van der Waals surface area contributed by atoms with Gasteiger partial charge in [-0.3, -0.25) is 9.59 Å². The molecule has 1 rings (SSSR count). The Morgan fingerprint density at radius 3 is 2.65 bits per heavy atom. The van der Waals surface area contributed by atoms with Crippen LogP contribution in [0.4, 0.5) is 18.0 Å². The second-order valence-corrected chi connectivity index (χ2v) is 4.20. The fraction of sp³-hybridized carbons (Fsp3) is 0.700. The molecule has 0 aromatic rings. The van der Waals surface area contributed by atoms with E-state index in [1.165, 1.54) is 0 Å². The summed E-state index contributed by atoms with van der Waals surface area (Å²) in [5, 5.41) is 13.1. The number of urea groups is 1. The quantitative estimate of drug-likeness (QED) is 0.676. The molecule has 0 saturated carbocycles. The molecule has 10 heteroatoms. The van der Waals surface area contributed by atoms with Crippen LogP contribution in [-0.2, 0) is 9.59 Å². The monoisotopic (exact) mass is 297 g/mol. The van der Waals surface area contributed by atoms with Crippen molar-refractivity contribution in [2.45, 2.75) is 25.1 Å². The number of carboxylic acid groups (broad SMARTS) is 1. The fourth-order valence-corrected chi connectivity index (χ4v) is 1.74. The topological polar surface area (TPSA) is 98.7 Å². The van der Waals surface area contributed by atoms with Crippen LogP contribution in [0.3, 0.4) is 0 Å². The highest BCUT2D eigenvalue weighted by Gasteiger charge is 2.35. The van der Waals surface area contributed by atoms with Crippen LogP contribution in [0, 0.1) is 0 Å². The predicted octanol–water partition coefficient (Wildman–Crippen LogP) is -0.0765. The largest absolute Gasteiger partial charge is 0.481 e. The Morgan fingerprint density at radius 2 is 2.10 bits per heavy atom. The first-order valence-electron chi connectivity index (χ1n) is 5.81. The van der Waals surface area contributed by atoms with Crippen molar-refractivity contribution in [2.75, 3.05) is 19.6 Å². The van der Waals surface area contributed by atoms with Crippen LogP contribution in [-0.4, -0.2) is 59.8 Å². The van der Waals surface area contributed by atoms with E-state index in [-0.39, 0.29) is 13.1 Å². The number of nitrogens with zero attached hydrogens (tertiary/aromatic N) is 1. The molecule has 0 bridgehead atoms. The third-order valence-corrected chi connectivity index (χ3v) is 2.64. The Kier molecular flexibility index (Phi) is 5.17. The lowest BCUT2D eigenvalue weighted by atomic mass is 10.1. The van der Waals surface area contributed by atoms with Gasteiger partial charge in [0.1, 0.15) is 6.04 Å². The van der Waals surface area contributed by atoms with Gasteiger partial charge in [0.2, 0.25) is 5.91 Å². The summed E-state index contributed by atoms with van der Waals surface area (Å²) in [7, 11) is 0. The molecule has 1 heterocycles. The van der Waals surface area contributed by atoms with Crippen molar-refractivity contribution < 1.29 is 32.7 Å². The van der Waals surface area contributed by atoms with Gasteiger partial charge < -0.3 is 20.6 Å². The molecular formula is C10H14F3N3O4. The molecule has 114 valence electrons. The molecule has 3 N–H and O–H groups in total. The maximum absolute atomic E-state index is 12.0. The van der Waals surface area contributed by atoms with Crippen LogP contribution in [0.15, 0.2) is 0 Å². The van der Waals surface area contributed by atoms with Gasteiger partial charge in [0.15, 0.2) is 0 Å². The van der Waals surface area contributed by atoms with E-state index in [1.54, 1.807) is 0 Å². The molecule has 0 spiro atoms. The van der Waals surface area contributed by atoms with Crippen LogP contribution in [0.25, 0.3) is 0 Å². The number of rotatable bonds is 4. The second-order valence-electron chi connectivity index (χ2n) is 4.20. The minimum Gasteiger partial charge on any atom is -0.481 e. The van der Waals surface area contributed by atoms with Crippen molar-refractivity contribution in [3.63, 3.8) is 0 Å². The summed E-state index contributed by atoms with van der Waals surface area (Å²) in [5.41, 5.74) is 0. The van der Waals surface area contributed by atoms with Crippen molar-refractivity contribution >= 4 is 17.9 Å². The maximum Gasteiger partial charge on any atom is 0.390 e. The van der Waals surface area contributed by atoms with E-state index in [4.69, 9.17) is 5.11 Å². The van der Waals surface area contributed by atoms with Gasteiger partial charge in [0, 0.05) is 19.6 Å². The van der Waals surface area contributed by atoms with E-state index < -0.39 is 49.5 Å². The summed E-state index contributed by atoms with van der Waals surface area (Å²) >= 11 is 0. The molecule has 0 aromatic carbocycles. The lowest BCUT2D eigenvalue weighted by Gasteiger charge is -2.34. The van der Waals surface area contributed by atoms with Crippen molar-refractivity contribution in [1.29, 1.82) is 0 Å². The molecule has 1 atom stereocenters. The Labute approximate surface area is 112 Å². The van der Waals surface area contributed by atoms with Gasteiger partial charge in [-0.05, 0) is 0 Å². The van der Waals surface area contributed by atoms with Crippen LogP contribution in [0.1, 0.15) is 12.8 Å². The van der Waals surface area contributed by atoms with Crippen molar-refractivity contribution in [3.05, 3.63) is 0 Å². The van der Waals surface area contributed by atoms with Gasteiger partial charge in [0.25, 0.3) is 0 Å². The van der Waals surface area contributed by atoms with Crippen LogP contribution in [0.5, 0.6) is 0 Å². The van der Waals surface area contributed by atoms with E-state index in [1.807, 2.05) is 5.32 Å². The number of hydrogen-bond acceptors (Lipinski definition) is 3. The zero-order chi connectivity index (χ0) is 15.3. The zero-order valence-corrected chi connectivity index (χ0v) is 10.4. The Balaban J connectivity index is 2.58. The van der Waals surface area contributed by atoms with Gasteiger partial charge in [-0.15, -0.1) is 0 Å². The fourth-order valence-electron chi connectivity index (χ4n) is 1.74. The van der Waals surface area contributed by atoms with Gasteiger partial charge in [-0.1, -0.05) is 0 Å². The SMILES string of the molecule is O=C(O)CC1C(=O)NCCN1C(=O)NCCC(F)(F)F. The molecule has 20 heavy (non-hydrogen) atoms. The number of alkyl halides is 3. The molecule has 1 fully saturated rings. The van der Waals surface area contributed by atoms with E-state index in [0.29, 0.717) is 0 Å². The predicted molar refractivity (Wildman–Crippen MR) is 59.8 cm³/mol. The van der Waals surface area contributed by atoms with Gasteiger partial charge in [0.05, 0.1) is 12.8 Å². The first kappa shape index (κ1) is 16.1. The van der Waals surface area contributed by atoms with E-state index >= 15 is 0 Å². The maximum atomic E-state index is 12.0. The minimum atomic E-state index is -4.40. The molecular weight excluding hydrogens is 283 g/mol. The first-order chi connectivity index (χ1) is 9.20. The average molecular weight is 297 g/mol. The summed E-state index contributed by atoms with van der Waals surface area (Å²) in [6.07, 6.45) is -6.19. The van der Waals surface area contributed by atoms with Crippen molar-refractivity contribution in [2.24, 2.45) is 0 Å². The molecule has 0 aliphatic carbocycles. The lowest BCUT2D eigenvalue weighted by molar-refractivity contribution is -0.142. The average Bonchev–Trinajstić information content (AvgIpc) is 2.29. The number of hydrogen-bond donors (Lipinski definition) is 3. The third-order valence-electron chi connectivity index (χ3n) is 2.64. The van der Waals surface area contributed by atoms with Gasteiger partial charge in [-0.2, -0.15) is 13.2 Å². The van der Waals surface area contributed by atoms with Crippen LogP contribution in [0.2, 0.25) is 0 Å². The molecule has 1 unspecified atom stereocenters. The lowest BCUT2D eigenvalue weighted by Crippen LogP contribution is -2.60. The van der Waals surface area contributed by atoms with Crippen molar-refractivity contribution in [3.8, 4) is 0 Å². The minimum absolute atomic E-state index is 0.0432. The molecule has 7 nitrogen and oxygen atoms in total. The summed E-state index contributed by atoms with van der Waals surface area (Å²) < 4.78 is 35.9. The Morgan fingerprint density at radius 1 is 1.45 bits per heavy atom. The van der Waals surface area contributed by atoms with E-state index in [2.05, 4.69) is 5.32 Å². The highest BCUT2D eigenvalue weighted by Crippen LogP contribution is 2.18. The number of halogens is 3. The summed E-state index contributed by atoms with van der Waals surface area (Å²) in [6.45, 7) is -0.455. The summed E-state index contributed by atoms with van der Waals surface area (Å²) in [6, 6.07) is -2.09. The molecule has 1 saturated heterocycles. The van der Waals surface area contributed by atoms with Crippen LogP contribution < -0.4 is 10.6 Å². The number of amides is 3. The molecule has 3 amide bonds. The second kappa shape index (κ2) is 6.44. The highest BCUT2D eigenvalue weighted by atomic mass is 19.4. The molecule has 0 aromatic heterocycles. The first-order valence-corrected chi connectivity index (χ1v) is 5.81. The number of aliphatic carboxylic acids is 1. The zero-order valence-electron chi connectivity index (χ0n) is 10.4. The summed E-state index contributed by atoms with van der Waals surface area (Å²) in [5.74, 6) is -1.91. The Bertz CT molecular complexity index is 400. The normalized spacial score (nSPS) is 19.4. The van der Waals surface area contributed by atoms with Gasteiger partial charge in [-0.25, -0.2) is 4.79 Å². The van der Waals surface area contributed by atoms with E-state index in [9.17, 15) is 27.6 Å². The number of nitrogens with one attached hydrogen (secondary N) is 2. The molecule has 1 aliphatic heterocycles. The number of carbonyl (C=O) groups is 3. The number of carbonyl (C=O) groups excluding carboxylic acids is 2. The number of carboxylic acids is 1.